The van der Waals surface area contributed by atoms with Gasteiger partial charge in [0, 0.05) is 6.20 Å². The van der Waals surface area contributed by atoms with Crippen LogP contribution in [-0.4, -0.2) is 20.9 Å². The maximum Gasteiger partial charge on any atom is 0.176 e. The monoisotopic (exact) mass is 264 g/mol. The van der Waals surface area contributed by atoms with Crippen LogP contribution in [0.4, 0.5) is 0 Å². The normalized spacial score (nSPS) is 10.2. The molecule has 15 heavy (non-hydrogen) atoms. The Balaban J connectivity index is 2.32. The van der Waals surface area contributed by atoms with Crippen LogP contribution in [0.25, 0.3) is 5.69 Å². The molecule has 0 aliphatic heterocycles. The summed E-state index contributed by atoms with van der Waals surface area (Å²) in [5.74, 6) is 0.0391. The van der Waals surface area contributed by atoms with Crippen molar-refractivity contribution in [2.75, 3.05) is 5.33 Å². The number of hydrogen-bond acceptors (Lipinski definition) is 2. The van der Waals surface area contributed by atoms with E-state index < -0.39 is 0 Å². The first-order valence-electron chi connectivity index (χ1n) is 4.50. The maximum absolute atomic E-state index is 11.4. The quantitative estimate of drug-likeness (QED) is 0.631. The summed E-state index contributed by atoms with van der Waals surface area (Å²) >= 11 is 3.13. The molecule has 0 atom stereocenters. The third-order valence-corrected chi connectivity index (χ3v) is 2.56. The molecular formula is C11H9BrN2O. The highest BCUT2D eigenvalue weighted by atomic mass is 79.9. The molecule has 1 heterocycles. The predicted molar refractivity (Wildman–Crippen MR) is 61.7 cm³/mol. The van der Waals surface area contributed by atoms with Crippen LogP contribution in [0.3, 0.4) is 0 Å². The zero-order valence-electron chi connectivity index (χ0n) is 7.93. The van der Waals surface area contributed by atoms with Gasteiger partial charge in [0.2, 0.25) is 0 Å². The number of para-hydroxylation sites is 1. The van der Waals surface area contributed by atoms with E-state index in [0.29, 0.717) is 10.9 Å². The van der Waals surface area contributed by atoms with Gasteiger partial charge in [-0.05, 0) is 12.1 Å². The predicted octanol–water partition coefficient (Wildman–Crippen LogP) is 2.45. The third-order valence-electron chi connectivity index (χ3n) is 2.05. The highest BCUT2D eigenvalue weighted by molar-refractivity contribution is 9.09. The first kappa shape index (κ1) is 10.1. The van der Waals surface area contributed by atoms with Crippen molar-refractivity contribution in [1.29, 1.82) is 0 Å². The fraction of sp³-hybridized carbons (Fsp3) is 0.0909. The molecule has 2 aromatic rings. The molecular weight excluding hydrogens is 256 g/mol. The number of Topliss-reactive ketones (excluding diaryl/α,β-unsaturated/α-hetero) is 1. The summed E-state index contributed by atoms with van der Waals surface area (Å²) in [5, 5.41) is 4.46. The van der Waals surface area contributed by atoms with Gasteiger partial charge < -0.3 is 0 Å². The number of benzene rings is 1. The average molecular weight is 265 g/mol. The molecule has 4 heteroatoms. The molecule has 76 valence electrons. The van der Waals surface area contributed by atoms with Crippen LogP contribution in [0.1, 0.15) is 10.4 Å². The molecule has 0 fully saturated rings. The number of rotatable bonds is 3. The van der Waals surface area contributed by atoms with Gasteiger partial charge in [-0.3, -0.25) is 4.79 Å². The number of aromatic nitrogens is 2. The fourth-order valence-corrected chi connectivity index (χ4v) is 1.59. The lowest BCUT2D eigenvalue weighted by Crippen LogP contribution is -1.98. The summed E-state index contributed by atoms with van der Waals surface area (Å²) in [7, 11) is 0. The van der Waals surface area contributed by atoms with Crippen molar-refractivity contribution in [2.24, 2.45) is 0 Å². The van der Waals surface area contributed by atoms with Gasteiger partial charge in [-0.1, -0.05) is 34.1 Å². The molecule has 1 aromatic carbocycles. The molecule has 0 unspecified atom stereocenters. The lowest BCUT2D eigenvalue weighted by molar-refractivity contribution is 0.102. The molecule has 0 N–H and O–H groups in total. The minimum atomic E-state index is 0.0391. The Labute approximate surface area is 95.9 Å². The summed E-state index contributed by atoms with van der Waals surface area (Å²) < 4.78 is 1.69. The largest absolute Gasteiger partial charge is 0.293 e. The maximum atomic E-state index is 11.4. The average Bonchev–Trinajstić information content (AvgIpc) is 2.78. The molecule has 0 spiro atoms. The molecule has 0 saturated heterocycles. The lowest BCUT2D eigenvalue weighted by atomic mass is 10.2. The number of hydrogen-bond donors (Lipinski definition) is 0. The van der Waals surface area contributed by atoms with Crippen LogP contribution in [0.15, 0.2) is 42.7 Å². The van der Waals surface area contributed by atoms with E-state index in [1.54, 1.807) is 17.1 Å². The van der Waals surface area contributed by atoms with Gasteiger partial charge in [0.15, 0.2) is 5.78 Å². The third kappa shape index (κ3) is 2.15. The summed E-state index contributed by atoms with van der Waals surface area (Å²) in [6.07, 6.45) is 3.32. The zero-order valence-corrected chi connectivity index (χ0v) is 9.52. The Bertz CT molecular complexity index is 464. The Morgan fingerprint density at radius 3 is 2.73 bits per heavy atom. The first-order valence-corrected chi connectivity index (χ1v) is 5.62. The number of ketones is 1. The zero-order chi connectivity index (χ0) is 10.7. The van der Waals surface area contributed by atoms with Crippen LogP contribution in [0.5, 0.6) is 0 Å². The van der Waals surface area contributed by atoms with Gasteiger partial charge in [0.1, 0.15) is 0 Å². The van der Waals surface area contributed by atoms with Crippen molar-refractivity contribution >= 4 is 21.7 Å². The van der Waals surface area contributed by atoms with Crippen molar-refractivity contribution in [3.63, 3.8) is 0 Å². The second-order valence-corrected chi connectivity index (χ2v) is 3.63. The van der Waals surface area contributed by atoms with Crippen molar-refractivity contribution in [1.82, 2.24) is 9.78 Å². The standard InChI is InChI=1S/C11H9BrN2O/c12-6-11(15)9-7-13-14(8-9)10-4-2-1-3-5-10/h1-5,7-8H,6H2. The number of halogens is 1. The van der Waals surface area contributed by atoms with E-state index in [0.717, 1.165) is 5.69 Å². The van der Waals surface area contributed by atoms with E-state index in [1.807, 2.05) is 30.3 Å². The topological polar surface area (TPSA) is 34.9 Å². The van der Waals surface area contributed by atoms with E-state index in [1.165, 1.54) is 0 Å². The summed E-state index contributed by atoms with van der Waals surface area (Å²) in [5.41, 5.74) is 1.57. The molecule has 3 nitrogen and oxygen atoms in total. The highest BCUT2D eigenvalue weighted by Crippen LogP contribution is 2.08. The molecule has 0 aliphatic rings. The molecule has 1 aromatic heterocycles. The van der Waals surface area contributed by atoms with Gasteiger partial charge in [0.25, 0.3) is 0 Å². The number of nitrogens with zero attached hydrogens (tertiary/aromatic N) is 2. The van der Waals surface area contributed by atoms with Crippen molar-refractivity contribution < 1.29 is 4.79 Å². The van der Waals surface area contributed by atoms with E-state index in [-0.39, 0.29) is 5.78 Å². The van der Waals surface area contributed by atoms with Gasteiger partial charge in [-0.2, -0.15) is 5.10 Å². The van der Waals surface area contributed by atoms with Crippen LogP contribution in [0, 0.1) is 0 Å². The van der Waals surface area contributed by atoms with Crippen molar-refractivity contribution in [3.8, 4) is 5.69 Å². The van der Waals surface area contributed by atoms with Crippen molar-refractivity contribution in [2.45, 2.75) is 0 Å². The minimum Gasteiger partial charge on any atom is -0.293 e. The van der Waals surface area contributed by atoms with Crippen LogP contribution in [0.2, 0.25) is 0 Å². The van der Waals surface area contributed by atoms with Gasteiger partial charge in [0.05, 0.1) is 22.8 Å². The van der Waals surface area contributed by atoms with Crippen LogP contribution < -0.4 is 0 Å². The van der Waals surface area contributed by atoms with Crippen LogP contribution in [-0.2, 0) is 0 Å². The Kier molecular flexibility index (Phi) is 2.97. The summed E-state index contributed by atoms with van der Waals surface area (Å²) in [6.45, 7) is 0. The van der Waals surface area contributed by atoms with Gasteiger partial charge in [-0.25, -0.2) is 4.68 Å². The number of carbonyl (C=O) groups is 1. The highest BCUT2D eigenvalue weighted by Gasteiger charge is 2.07. The molecule has 2 rings (SSSR count). The van der Waals surface area contributed by atoms with Gasteiger partial charge in [-0.15, -0.1) is 0 Å². The molecule has 0 bridgehead atoms. The first-order chi connectivity index (χ1) is 7.31. The Morgan fingerprint density at radius 2 is 2.07 bits per heavy atom. The van der Waals surface area contributed by atoms with E-state index in [9.17, 15) is 4.79 Å². The SMILES string of the molecule is O=C(CBr)c1cnn(-c2ccccc2)c1. The minimum absolute atomic E-state index is 0.0391. The second-order valence-electron chi connectivity index (χ2n) is 3.07. The van der Waals surface area contributed by atoms with E-state index in [4.69, 9.17) is 0 Å². The van der Waals surface area contributed by atoms with E-state index >= 15 is 0 Å². The Morgan fingerprint density at radius 1 is 1.33 bits per heavy atom. The second kappa shape index (κ2) is 4.40. The summed E-state index contributed by atoms with van der Waals surface area (Å²) in [6, 6.07) is 9.69. The van der Waals surface area contributed by atoms with E-state index in [2.05, 4.69) is 21.0 Å². The number of alkyl halides is 1. The lowest BCUT2D eigenvalue weighted by Gasteiger charge is -1.98. The fourth-order valence-electron chi connectivity index (χ4n) is 1.27. The smallest absolute Gasteiger partial charge is 0.176 e. The van der Waals surface area contributed by atoms with Crippen LogP contribution >= 0.6 is 15.9 Å². The Hall–Kier alpha value is -1.42. The summed E-state index contributed by atoms with van der Waals surface area (Å²) in [4.78, 5) is 11.4. The molecule has 0 aliphatic carbocycles. The number of carbonyl (C=O) groups excluding carboxylic acids is 1. The molecule has 0 radical (unpaired) electrons. The van der Waals surface area contributed by atoms with Gasteiger partial charge >= 0.3 is 0 Å². The van der Waals surface area contributed by atoms with Crippen molar-refractivity contribution in [3.05, 3.63) is 48.3 Å². The molecule has 0 saturated carbocycles. The molecule has 0 amide bonds.